The molecule has 0 spiro atoms. The number of benzene rings is 1. The summed E-state index contributed by atoms with van der Waals surface area (Å²) in [6.07, 6.45) is 0. The zero-order chi connectivity index (χ0) is 11.5. The number of anilines is 1. The molecule has 0 aromatic heterocycles. The van der Waals surface area contributed by atoms with Gasteiger partial charge in [0.2, 0.25) is 0 Å². The average Bonchev–Trinajstić information content (AvgIpc) is 2.72. The molecule has 1 aromatic rings. The molecule has 80 valence electrons. The molecule has 5 heteroatoms. The Hall–Kier alpha value is -1.93. The Labute approximate surface area is 96.9 Å². The Kier molecular flexibility index (Phi) is 2.84. The summed E-state index contributed by atoms with van der Waals surface area (Å²) < 4.78 is 4.54. The molecule has 0 bridgehead atoms. The van der Waals surface area contributed by atoms with Crippen molar-refractivity contribution in [3.05, 3.63) is 34.9 Å². The number of carbonyl (C=O) groups excluding carboxylic acids is 1. The first-order valence-electron chi connectivity index (χ1n) is 4.53. The summed E-state index contributed by atoms with van der Waals surface area (Å²) in [5.74, 6) is -0.620. The van der Waals surface area contributed by atoms with E-state index in [0.717, 1.165) is 10.6 Å². The van der Waals surface area contributed by atoms with Gasteiger partial charge in [-0.25, -0.2) is 4.79 Å². The number of ether oxygens (including phenoxy) is 1. The molecular formula is C11H8N2O2S. The van der Waals surface area contributed by atoms with E-state index in [0.29, 0.717) is 5.03 Å². The molecule has 0 unspecified atom stereocenters. The van der Waals surface area contributed by atoms with Gasteiger partial charge >= 0.3 is 5.97 Å². The van der Waals surface area contributed by atoms with Crippen LogP contribution in [0, 0.1) is 11.3 Å². The molecule has 16 heavy (non-hydrogen) atoms. The fourth-order valence-corrected chi connectivity index (χ4v) is 2.31. The van der Waals surface area contributed by atoms with Gasteiger partial charge in [-0.05, 0) is 12.1 Å². The van der Waals surface area contributed by atoms with Crippen molar-refractivity contribution in [2.45, 2.75) is 4.90 Å². The van der Waals surface area contributed by atoms with Crippen molar-refractivity contribution in [2.24, 2.45) is 0 Å². The van der Waals surface area contributed by atoms with Crippen LogP contribution in [-0.4, -0.2) is 13.1 Å². The van der Waals surface area contributed by atoms with Gasteiger partial charge in [0.1, 0.15) is 11.1 Å². The van der Waals surface area contributed by atoms with Gasteiger partial charge < -0.3 is 10.1 Å². The second-order valence-electron chi connectivity index (χ2n) is 3.03. The largest absolute Gasteiger partial charge is 0.465 e. The smallest absolute Gasteiger partial charge is 0.351 e. The molecule has 1 N–H and O–H groups in total. The van der Waals surface area contributed by atoms with Crippen LogP contribution in [-0.2, 0) is 9.53 Å². The summed E-state index contributed by atoms with van der Waals surface area (Å²) in [5, 5.41) is 12.4. The number of hydrogen-bond donors (Lipinski definition) is 1. The molecule has 0 aliphatic carbocycles. The fraction of sp³-hybridized carbons (Fsp3) is 0.0909. The molecule has 1 aromatic carbocycles. The number of rotatable bonds is 1. The van der Waals surface area contributed by atoms with E-state index < -0.39 is 5.97 Å². The quantitative estimate of drug-likeness (QED) is 0.456. The molecular weight excluding hydrogens is 224 g/mol. The van der Waals surface area contributed by atoms with Gasteiger partial charge in [0, 0.05) is 4.90 Å². The Balaban J connectivity index is 2.38. The topological polar surface area (TPSA) is 62.1 Å². The first kappa shape index (κ1) is 10.6. The van der Waals surface area contributed by atoms with E-state index in [1.54, 1.807) is 0 Å². The van der Waals surface area contributed by atoms with E-state index in [1.165, 1.54) is 18.9 Å². The van der Waals surface area contributed by atoms with Crippen molar-refractivity contribution >= 4 is 23.4 Å². The summed E-state index contributed by atoms with van der Waals surface area (Å²) in [7, 11) is 1.26. The van der Waals surface area contributed by atoms with Crippen LogP contribution in [0.25, 0.3) is 0 Å². The van der Waals surface area contributed by atoms with Gasteiger partial charge in [0.05, 0.1) is 12.8 Å². The van der Waals surface area contributed by atoms with Crippen LogP contribution in [0.15, 0.2) is 39.8 Å². The fourth-order valence-electron chi connectivity index (χ4n) is 1.32. The van der Waals surface area contributed by atoms with Crippen molar-refractivity contribution in [1.82, 2.24) is 0 Å². The highest BCUT2D eigenvalue weighted by Gasteiger charge is 2.23. The lowest BCUT2D eigenvalue weighted by Crippen LogP contribution is -2.07. The van der Waals surface area contributed by atoms with Crippen LogP contribution >= 0.6 is 11.8 Å². The Morgan fingerprint density at radius 1 is 1.50 bits per heavy atom. The minimum atomic E-state index is -0.620. The maximum Gasteiger partial charge on any atom is 0.351 e. The van der Waals surface area contributed by atoms with Crippen molar-refractivity contribution in [2.75, 3.05) is 12.4 Å². The Morgan fingerprint density at radius 3 is 2.88 bits per heavy atom. The van der Waals surface area contributed by atoms with Crippen LogP contribution in [0.1, 0.15) is 0 Å². The highest BCUT2D eigenvalue weighted by molar-refractivity contribution is 8.03. The number of hydrogen-bond acceptors (Lipinski definition) is 5. The van der Waals surface area contributed by atoms with E-state index >= 15 is 0 Å². The predicted molar refractivity (Wildman–Crippen MR) is 60.6 cm³/mol. The molecule has 0 radical (unpaired) electrons. The minimum Gasteiger partial charge on any atom is -0.465 e. The van der Waals surface area contributed by atoms with Gasteiger partial charge in [0.15, 0.2) is 5.57 Å². The second kappa shape index (κ2) is 4.29. The standard InChI is InChI=1S/C11H8N2O2S/c1-15-11(14)7(6-12)10-13-8-4-2-3-5-9(8)16-10/h2-5,13H,1H3/b10-7+. The number of nitrogens with one attached hydrogen (secondary N) is 1. The number of nitrogens with zero attached hydrogens (tertiary/aromatic N) is 1. The maximum atomic E-state index is 11.3. The third-order valence-electron chi connectivity index (χ3n) is 2.08. The molecule has 0 saturated heterocycles. The van der Waals surface area contributed by atoms with Gasteiger partial charge in [0.25, 0.3) is 0 Å². The van der Waals surface area contributed by atoms with Crippen molar-refractivity contribution < 1.29 is 9.53 Å². The van der Waals surface area contributed by atoms with Gasteiger partial charge in [-0.3, -0.25) is 0 Å². The molecule has 2 rings (SSSR count). The normalized spacial score (nSPS) is 15.8. The SMILES string of the molecule is COC(=O)/C(C#N)=C1\Nc2ccccc2S1. The number of thioether (sulfide) groups is 1. The number of para-hydroxylation sites is 1. The zero-order valence-corrected chi connectivity index (χ0v) is 9.30. The third-order valence-corrected chi connectivity index (χ3v) is 3.16. The molecule has 1 aliphatic heterocycles. The summed E-state index contributed by atoms with van der Waals surface area (Å²) in [6, 6.07) is 9.46. The number of methoxy groups -OCH3 is 1. The summed E-state index contributed by atoms with van der Waals surface area (Å²) >= 11 is 1.36. The second-order valence-corrected chi connectivity index (χ2v) is 4.08. The summed E-state index contributed by atoms with van der Waals surface area (Å²) in [4.78, 5) is 12.3. The number of esters is 1. The highest BCUT2D eigenvalue weighted by Crippen LogP contribution is 2.41. The lowest BCUT2D eigenvalue weighted by molar-refractivity contribution is -0.135. The molecule has 0 amide bonds. The lowest BCUT2D eigenvalue weighted by atomic mass is 10.3. The average molecular weight is 232 g/mol. The van der Waals surface area contributed by atoms with E-state index in [4.69, 9.17) is 5.26 Å². The number of nitriles is 1. The van der Waals surface area contributed by atoms with Crippen molar-refractivity contribution in [1.29, 1.82) is 5.26 Å². The van der Waals surface area contributed by atoms with Crippen LogP contribution < -0.4 is 5.32 Å². The summed E-state index contributed by atoms with van der Waals surface area (Å²) in [5.41, 5.74) is 0.905. The van der Waals surface area contributed by atoms with Crippen LogP contribution in [0.2, 0.25) is 0 Å². The van der Waals surface area contributed by atoms with E-state index in [9.17, 15) is 4.79 Å². The zero-order valence-electron chi connectivity index (χ0n) is 8.48. The molecule has 1 heterocycles. The van der Waals surface area contributed by atoms with Crippen LogP contribution in [0.3, 0.4) is 0 Å². The van der Waals surface area contributed by atoms with Crippen molar-refractivity contribution in [3.8, 4) is 6.07 Å². The van der Waals surface area contributed by atoms with Crippen molar-refractivity contribution in [3.63, 3.8) is 0 Å². The first-order valence-corrected chi connectivity index (χ1v) is 5.34. The van der Waals surface area contributed by atoms with Crippen LogP contribution in [0.5, 0.6) is 0 Å². The number of carbonyl (C=O) groups is 1. The van der Waals surface area contributed by atoms with E-state index in [1.807, 2.05) is 30.3 Å². The highest BCUT2D eigenvalue weighted by atomic mass is 32.2. The molecule has 0 fully saturated rings. The third kappa shape index (κ3) is 1.75. The molecule has 0 atom stereocenters. The van der Waals surface area contributed by atoms with Crippen LogP contribution in [0.4, 0.5) is 5.69 Å². The van der Waals surface area contributed by atoms with Gasteiger partial charge in [-0.15, -0.1) is 0 Å². The molecule has 4 nitrogen and oxygen atoms in total. The minimum absolute atomic E-state index is 0.00343. The first-order chi connectivity index (χ1) is 7.76. The van der Waals surface area contributed by atoms with Gasteiger partial charge in [-0.1, -0.05) is 23.9 Å². The lowest BCUT2D eigenvalue weighted by Gasteiger charge is -2.01. The maximum absolute atomic E-state index is 11.3. The Bertz CT molecular complexity index is 490. The monoisotopic (exact) mass is 232 g/mol. The summed E-state index contributed by atoms with van der Waals surface area (Å²) in [6.45, 7) is 0. The predicted octanol–water partition coefficient (Wildman–Crippen LogP) is 2.11. The molecule has 0 saturated carbocycles. The molecule has 1 aliphatic rings. The Morgan fingerprint density at radius 2 is 2.25 bits per heavy atom. The number of fused-ring (bicyclic) bond motifs is 1. The van der Waals surface area contributed by atoms with Gasteiger partial charge in [-0.2, -0.15) is 5.26 Å². The van der Waals surface area contributed by atoms with E-state index in [2.05, 4.69) is 10.1 Å². The van der Waals surface area contributed by atoms with E-state index in [-0.39, 0.29) is 5.57 Å².